The maximum atomic E-state index is 12.7. The van der Waals surface area contributed by atoms with Crippen molar-refractivity contribution in [3.05, 3.63) is 27.7 Å². The molecule has 0 amide bonds. The molecule has 4 nitrogen and oxygen atoms in total. The standard InChI is InChI=1S/C12H14Cl3NO3S/c13-8-9-6-10(14)7-11(12(9)15)20(17,18)16-2-1-4-19-5-3-16/h6-7H,1-5,8H2. The summed E-state index contributed by atoms with van der Waals surface area (Å²) in [4.78, 5) is 0.00390. The summed E-state index contributed by atoms with van der Waals surface area (Å²) in [5.41, 5.74) is 0.505. The van der Waals surface area contributed by atoms with Crippen LogP contribution in [0.2, 0.25) is 10.0 Å². The van der Waals surface area contributed by atoms with Gasteiger partial charge in [-0.25, -0.2) is 8.42 Å². The van der Waals surface area contributed by atoms with E-state index in [1.54, 1.807) is 6.07 Å². The van der Waals surface area contributed by atoms with Gasteiger partial charge in [0, 0.05) is 30.6 Å². The van der Waals surface area contributed by atoms with Gasteiger partial charge in [-0.15, -0.1) is 11.6 Å². The van der Waals surface area contributed by atoms with Gasteiger partial charge in [-0.05, 0) is 24.1 Å². The van der Waals surface area contributed by atoms with Crippen molar-refractivity contribution in [2.75, 3.05) is 26.3 Å². The third-order valence-corrected chi connectivity index (χ3v) is 6.01. The van der Waals surface area contributed by atoms with E-state index in [4.69, 9.17) is 39.5 Å². The van der Waals surface area contributed by atoms with E-state index in [9.17, 15) is 8.42 Å². The molecule has 0 N–H and O–H groups in total. The third-order valence-electron chi connectivity index (χ3n) is 3.02. The number of sulfonamides is 1. The largest absolute Gasteiger partial charge is 0.380 e. The zero-order valence-electron chi connectivity index (χ0n) is 10.6. The number of hydrogen-bond acceptors (Lipinski definition) is 3. The van der Waals surface area contributed by atoms with E-state index < -0.39 is 10.0 Å². The van der Waals surface area contributed by atoms with Gasteiger partial charge in [0.2, 0.25) is 10.0 Å². The highest BCUT2D eigenvalue weighted by Gasteiger charge is 2.28. The van der Waals surface area contributed by atoms with E-state index in [-0.39, 0.29) is 15.8 Å². The molecule has 1 saturated heterocycles. The van der Waals surface area contributed by atoms with Crippen LogP contribution in [0.3, 0.4) is 0 Å². The number of halogens is 3. The molecule has 0 aliphatic carbocycles. The molecule has 0 radical (unpaired) electrons. The maximum Gasteiger partial charge on any atom is 0.244 e. The number of benzene rings is 1. The first-order valence-corrected chi connectivity index (χ1v) is 8.81. The number of alkyl halides is 1. The highest BCUT2D eigenvalue weighted by atomic mass is 35.5. The van der Waals surface area contributed by atoms with Crippen LogP contribution in [0.25, 0.3) is 0 Å². The molecule has 0 unspecified atom stereocenters. The van der Waals surface area contributed by atoms with Crippen molar-refractivity contribution in [1.29, 1.82) is 0 Å². The first kappa shape index (κ1) is 16.3. The Morgan fingerprint density at radius 1 is 1.20 bits per heavy atom. The van der Waals surface area contributed by atoms with Gasteiger partial charge in [-0.1, -0.05) is 23.2 Å². The molecule has 1 aromatic carbocycles. The fourth-order valence-corrected chi connectivity index (χ4v) is 4.65. The second kappa shape index (κ2) is 6.81. The smallest absolute Gasteiger partial charge is 0.244 e. The van der Waals surface area contributed by atoms with Crippen LogP contribution >= 0.6 is 34.8 Å². The molecule has 20 heavy (non-hydrogen) atoms. The summed E-state index contributed by atoms with van der Waals surface area (Å²) < 4.78 is 32.0. The summed E-state index contributed by atoms with van der Waals surface area (Å²) in [7, 11) is -3.69. The highest BCUT2D eigenvalue weighted by molar-refractivity contribution is 7.89. The second-order valence-electron chi connectivity index (χ2n) is 4.38. The van der Waals surface area contributed by atoms with Gasteiger partial charge < -0.3 is 4.74 Å². The average molecular weight is 359 g/mol. The average Bonchev–Trinajstić information content (AvgIpc) is 2.70. The second-order valence-corrected chi connectivity index (χ2v) is 7.37. The van der Waals surface area contributed by atoms with Crippen molar-refractivity contribution >= 4 is 44.8 Å². The number of ether oxygens (including phenoxy) is 1. The van der Waals surface area contributed by atoms with Crippen LogP contribution in [-0.2, 0) is 20.6 Å². The van der Waals surface area contributed by atoms with Gasteiger partial charge in [0.1, 0.15) is 4.90 Å². The van der Waals surface area contributed by atoms with Crippen molar-refractivity contribution < 1.29 is 13.2 Å². The first-order valence-electron chi connectivity index (χ1n) is 6.08. The van der Waals surface area contributed by atoms with Gasteiger partial charge >= 0.3 is 0 Å². The minimum Gasteiger partial charge on any atom is -0.380 e. The lowest BCUT2D eigenvalue weighted by atomic mass is 10.2. The van der Waals surface area contributed by atoms with Crippen LogP contribution in [0.15, 0.2) is 17.0 Å². The minimum absolute atomic E-state index is 0.00390. The van der Waals surface area contributed by atoms with E-state index >= 15 is 0 Å². The molecule has 1 fully saturated rings. The number of hydrogen-bond donors (Lipinski definition) is 0. The topological polar surface area (TPSA) is 46.6 Å². The molecule has 0 spiro atoms. The van der Waals surface area contributed by atoms with Crippen LogP contribution in [-0.4, -0.2) is 39.0 Å². The molecular weight excluding hydrogens is 345 g/mol. The quantitative estimate of drug-likeness (QED) is 0.780. The summed E-state index contributed by atoms with van der Waals surface area (Å²) in [6, 6.07) is 2.93. The van der Waals surface area contributed by atoms with Gasteiger partial charge in [-0.3, -0.25) is 0 Å². The van der Waals surface area contributed by atoms with Crippen LogP contribution in [0.1, 0.15) is 12.0 Å². The Morgan fingerprint density at radius 3 is 2.65 bits per heavy atom. The summed E-state index contributed by atoms with van der Waals surface area (Å²) in [6.45, 7) is 1.64. The molecule has 0 atom stereocenters. The lowest BCUT2D eigenvalue weighted by Crippen LogP contribution is -2.33. The zero-order valence-corrected chi connectivity index (χ0v) is 13.7. The Kier molecular flexibility index (Phi) is 5.56. The van der Waals surface area contributed by atoms with Crippen molar-refractivity contribution in [2.45, 2.75) is 17.2 Å². The molecule has 0 bridgehead atoms. The van der Waals surface area contributed by atoms with E-state index in [2.05, 4.69) is 0 Å². The minimum atomic E-state index is -3.69. The van der Waals surface area contributed by atoms with Gasteiger partial charge in [-0.2, -0.15) is 4.31 Å². The molecule has 1 aliphatic rings. The Balaban J connectivity index is 2.45. The van der Waals surface area contributed by atoms with E-state index in [1.807, 2.05) is 0 Å². The molecule has 1 aromatic rings. The highest BCUT2D eigenvalue weighted by Crippen LogP contribution is 2.32. The van der Waals surface area contributed by atoms with Crippen molar-refractivity contribution in [3.63, 3.8) is 0 Å². The molecule has 0 saturated carbocycles. The van der Waals surface area contributed by atoms with Gasteiger partial charge in [0.15, 0.2) is 0 Å². The normalized spacial score (nSPS) is 17.9. The van der Waals surface area contributed by atoms with Crippen molar-refractivity contribution in [1.82, 2.24) is 4.31 Å². The van der Waals surface area contributed by atoms with E-state index in [0.29, 0.717) is 43.3 Å². The molecule has 0 aromatic heterocycles. The van der Waals surface area contributed by atoms with Crippen LogP contribution in [0, 0.1) is 0 Å². The number of nitrogens with zero attached hydrogens (tertiary/aromatic N) is 1. The maximum absolute atomic E-state index is 12.7. The SMILES string of the molecule is O=S(=O)(c1cc(Cl)cc(CCl)c1Cl)N1CCCOCC1. The molecule has 112 valence electrons. The van der Waals surface area contributed by atoms with E-state index in [0.717, 1.165) is 0 Å². The summed E-state index contributed by atoms with van der Waals surface area (Å²) in [6.07, 6.45) is 0.653. The molecule has 1 heterocycles. The van der Waals surface area contributed by atoms with Gasteiger partial charge in [0.05, 0.1) is 11.6 Å². The van der Waals surface area contributed by atoms with Gasteiger partial charge in [0.25, 0.3) is 0 Å². The summed E-state index contributed by atoms with van der Waals surface area (Å²) in [5, 5.41) is 0.435. The van der Waals surface area contributed by atoms with Crippen LogP contribution in [0.4, 0.5) is 0 Å². The Morgan fingerprint density at radius 2 is 1.95 bits per heavy atom. The summed E-state index contributed by atoms with van der Waals surface area (Å²) >= 11 is 17.9. The fourth-order valence-electron chi connectivity index (χ4n) is 2.01. The lowest BCUT2D eigenvalue weighted by Gasteiger charge is -2.20. The van der Waals surface area contributed by atoms with E-state index in [1.165, 1.54) is 10.4 Å². The van der Waals surface area contributed by atoms with Crippen molar-refractivity contribution in [2.24, 2.45) is 0 Å². The first-order chi connectivity index (χ1) is 9.46. The van der Waals surface area contributed by atoms with Crippen LogP contribution < -0.4 is 0 Å². The molecule has 1 aliphatic heterocycles. The Labute approximate surface area is 133 Å². The third kappa shape index (κ3) is 3.40. The molecule has 8 heteroatoms. The predicted molar refractivity (Wildman–Crippen MR) is 80.2 cm³/mol. The Bertz CT molecular complexity index is 584. The molecular formula is C12H14Cl3NO3S. The summed E-state index contributed by atoms with van der Waals surface area (Å²) in [5.74, 6) is 0.102. The zero-order chi connectivity index (χ0) is 14.8. The Hall–Kier alpha value is -0.0400. The number of rotatable bonds is 3. The monoisotopic (exact) mass is 357 g/mol. The predicted octanol–water partition coefficient (Wildman–Crippen LogP) is 3.14. The van der Waals surface area contributed by atoms with Crippen LogP contribution in [0.5, 0.6) is 0 Å². The lowest BCUT2D eigenvalue weighted by molar-refractivity contribution is 0.148. The van der Waals surface area contributed by atoms with Crippen molar-refractivity contribution in [3.8, 4) is 0 Å². The molecule has 2 rings (SSSR count). The fraction of sp³-hybridized carbons (Fsp3) is 0.500.